The number of hydrogen-bond donors (Lipinski definition) is 2. The molecule has 4 nitrogen and oxygen atoms in total. The van der Waals surface area contributed by atoms with Crippen molar-refractivity contribution in [3.05, 3.63) is 27.7 Å². The van der Waals surface area contributed by atoms with Gasteiger partial charge in [-0.05, 0) is 13.0 Å². The zero-order valence-electron chi connectivity index (χ0n) is 11.2. The van der Waals surface area contributed by atoms with Crippen LogP contribution in [0.15, 0.2) is 0 Å². The van der Waals surface area contributed by atoms with Crippen LogP contribution in [0.1, 0.15) is 6.42 Å². The molecule has 0 saturated carbocycles. The van der Waals surface area contributed by atoms with Gasteiger partial charge >= 0.3 is 33.6 Å². The Morgan fingerprint density at radius 1 is 0.944 bits per heavy atom. The van der Waals surface area contributed by atoms with E-state index < -0.39 is 0 Å². The maximum absolute atomic E-state index is 7.46. The summed E-state index contributed by atoms with van der Waals surface area (Å²) < 4.78 is 4.91. The predicted octanol–water partition coefficient (Wildman–Crippen LogP) is 0.614. The fraction of sp³-hybridized carbons (Fsp3) is 0.667. The van der Waals surface area contributed by atoms with E-state index in [1.165, 1.54) is 0 Å². The second-order valence-electron chi connectivity index (χ2n) is 2.64. The third-order valence-electron chi connectivity index (χ3n) is 1.46. The number of aliphatic hydroxyl groups is 2. The summed E-state index contributed by atoms with van der Waals surface area (Å²) in [6.07, 6.45) is 1.07. The standard InChI is InChI=1S/C8H17NO.2C2H5O.2Co/c1-4-9(5-2)7-6-8-10-3;2*1-2-3;;/h1-2,4-8H2,3H3;2*3H,1-2H2;;/q-2;2*-1;2*+2. The number of aliphatic hydroxyl groups excluding tert-OH is 2. The van der Waals surface area contributed by atoms with Gasteiger partial charge in [0.15, 0.2) is 0 Å². The molecule has 0 aromatic carbocycles. The first kappa shape index (κ1) is 31.3. The van der Waals surface area contributed by atoms with E-state index in [-0.39, 0.29) is 46.8 Å². The van der Waals surface area contributed by atoms with Crippen LogP contribution in [0.3, 0.4) is 0 Å². The summed E-state index contributed by atoms with van der Waals surface area (Å²) in [7, 11) is 1.72. The zero-order chi connectivity index (χ0) is 13.2. The molecule has 0 bridgehead atoms. The van der Waals surface area contributed by atoms with Crippen molar-refractivity contribution in [3.63, 3.8) is 0 Å². The van der Waals surface area contributed by atoms with Gasteiger partial charge in [-0.2, -0.15) is 0 Å². The van der Waals surface area contributed by atoms with Crippen LogP contribution in [0.5, 0.6) is 0 Å². The number of rotatable bonds is 6. The van der Waals surface area contributed by atoms with Crippen molar-refractivity contribution >= 4 is 0 Å². The van der Waals surface area contributed by atoms with Crippen molar-refractivity contribution in [2.75, 3.05) is 46.6 Å². The van der Waals surface area contributed by atoms with Gasteiger partial charge in [0.05, 0.1) is 0 Å². The third kappa shape index (κ3) is 43.6. The van der Waals surface area contributed by atoms with Gasteiger partial charge in [-0.1, -0.05) is 13.2 Å². The summed E-state index contributed by atoms with van der Waals surface area (Å²) in [4.78, 5) is 2.18. The van der Waals surface area contributed by atoms with Gasteiger partial charge in [-0.15, -0.1) is 13.1 Å². The van der Waals surface area contributed by atoms with Crippen molar-refractivity contribution < 1.29 is 48.5 Å². The number of ether oxygens (including phenoxy) is 1. The van der Waals surface area contributed by atoms with Crippen molar-refractivity contribution in [1.29, 1.82) is 0 Å². The first-order valence-corrected chi connectivity index (χ1v) is 5.28. The van der Waals surface area contributed by atoms with Crippen LogP contribution >= 0.6 is 0 Å². The third-order valence-corrected chi connectivity index (χ3v) is 1.46. The second-order valence-corrected chi connectivity index (χ2v) is 2.64. The Morgan fingerprint density at radius 2 is 1.28 bits per heavy atom. The number of nitrogens with zero attached hydrogens (tertiary/aromatic N) is 1. The van der Waals surface area contributed by atoms with E-state index in [0.29, 0.717) is 0 Å². The summed E-state index contributed by atoms with van der Waals surface area (Å²) in [6.45, 7) is 17.2. The molecule has 0 aromatic rings. The fourth-order valence-corrected chi connectivity index (χ4v) is 0.768. The van der Waals surface area contributed by atoms with Crippen molar-refractivity contribution in [2.45, 2.75) is 6.42 Å². The molecule has 0 saturated heterocycles. The smallest absolute Gasteiger partial charge is 0.428 e. The average Bonchev–Trinajstić information content (AvgIpc) is 2.27. The molecule has 0 unspecified atom stereocenters. The predicted molar refractivity (Wildman–Crippen MR) is 68.5 cm³/mol. The molecular weight excluding hydrogens is 324 g/mol. The van der Waals surface area contributed by atoms with Gasteiger partial charge in [-0.25, -0.2) is 0 Å². The number of hydrogen-bond acceptors (Lipinski definition) is 4. The van der Waals surface area contributed by atoms with Crippen LogP contribution in [-0.2, 0) is 38.3 Å². The Morgan fingerprint density at radius 3 is 1.50 bits per heavy atom. The molecule has 2 radical (unpaired) electrons. The summed E-state index contributed by atoms with van der Waals surface area (Å²) in [5.41, 5.74) is 0. The van der Waals surface area contributed by atoms with Crippen molar-refractivity contribution in [3.8, 4) is 0 Å². The minimum absolute atomic E-state index is 0. The van der Waals surface area contributed by atoms with Crippen LogP contribution in [0.25, 0.3) is 0 Å². The normalized spacial score (nSPS) is 8.00. The van der Waals surface area contributed by atoms with Gasteiger partial charge in [0, 0.05) is 13.7 Å². The van der Waals surface area contributed by atoms with E-state index >= 15 is 0 Å². The van der Waals surface area contributed by atoms with Crippen LogP contribution in [0.2, 0.25) is 0 Å². The molecule has 0 fully saturated rings. The molecule has 0 rings (SSSR count). The van der Waals surface area contributed by atoms with Gasteiger partial charge in [-0.3, -0.25) is 0 Å². The van der Waals surface area contributed by atoms with E-state index in [2.05, 4.69) is 32.6 Å². The molecule has 0 aliphatic heterocycles. The largest absolute Gasteiger partial charge is 2.00 e. The molecule has 0 amide bonds. The molecule has 0 heterocycles. The summed E-state index contributed by atoms with van der Waals surface area (Å²) in [6, 6.07) is 0. The van der Waals surface area contributed by atoms with E-state index in [1.807, 2.05) is 0 Å². The van der Waals surface area contributed by atoms with Gasteiger partial charge < -0.3 is 47.5 Å². The van der Waals surface area contributed by atoms with Crippen LogP contribution in [0.4, 0.5) is 0 Å². The van der Waals surface area contributed by atoms with Crippen molar-refractivity contribution in [2.24, 2.45) is 0 Å². The van der Waals surface area contributed by atoms with E-state index in [1.54, 1.807) is 7.11 Å². The second kappa shape index (κ2) is 36.1. The number of methoxy groups -OCH3 is 1. The Kier molecular flexibility index (Phi) is 62.8. The first-order chi connectivity index (χ1) is 7.67. The fourth-order valence-electron chi connectivity index (χ4n) is 0.768. The monoisotopic (exact) mass is 351 g/mol. The van der Waals surface area contributed by atoms with Crippen LogP contribution in [-0.4, -0.2) is 61.7 Å². The quantitative estimate of drug-likeness (QED) is 0.544. The summed E-state index contributed by atoms with van der Waals surface area (Å²) in [5.74, 6) is 0. The molecule has 0 atom stereocenters. The maximum Gasteiger partial charge on any atom is 2.00 e. The van der Waals surface area contributed by atoms with Crippen LogP contribution in [0, 0.1) is 27.7 Å². The molecule has 0 spiro atoms. The Hall–Kier alpha value is 0.853. The zero-order valence-corrected chi connectivity index (χ0v) is 13.3. The molecule has 116 valence electrons. The maximum atomic E-state index is 7.46. The van der Waals surface area contributed by atoms with E-state index in [9.17, 15) is 0 Å². The molecular formula is C12H27Co2NO3. The van der Waals surface area contributed by atoms with E-state index in [4.69, 9.17) is 14.9 Å². The molecule has 0 aromatic heterocycles. The summed E-state index contributed by atoms with van der Waals surface area (Å²) >= 11 is 0. The first-order valence-electron chi connectivity index (χ1n) is 5.28. The average molecular weight is 351 g/mol. The minimum Gasteiger partial charge on any atom is -0.428 e. The molecule has 2 N–H and O–H groups in total. The Bertz CT molecular complexity index is 95.4. The Labute approximate surface area is 134 Å². The minimum atomic E-state index is 0. The molecule has 6 heteroatoms. The summed E-state index contributed by atoms with van der Waals surface area (Å²) in [5, 5.41) is 14.9. The Balaban J connectivity index is -0.0000000603. The van der Waals surface area contributed by atoms with Gasteiger partial charge in [0.2, 0.25) is 0 Å². The van der Waals surface area contributed by atoms with Gasteiger partial charge in [0.25, 0.3) is 0 Å². The molecule has 18 heavy (non-hydrogen) atoms. The molecule has 0 aliphatic rings. The molecule has 0 aliphatic carbocycles. The van der Waals surface area contributed by atoms with Crippen molar-refractivity contribution in [1.82, 2.24) is 4.90 Å². The SMILES string of the molecule is [CH2-]CN(C[CH2-])CCCOC.[CH2-]CO.[CH2-]CO.[Co+2].[Co+2]. The van der Waals surface area contributed by atoms with E-state index in [0.717, 1.165) is 32.7 Å². The topological polar surface area (TPSA) is 52.9 Å². The van der Waals surface area contributed by atoms with Gasteiger partial charge in [0.1, 0.15) is 0 Å². The van der Waals surface area contributed by atoms with Crippen LogP contribution < -0.4 is 0 Å².